The molecule has 0 aromatic carbocycles. The predicted octanol–water partition coefficient (Wildman–Crippen LogP) is 0.00290. The van der Waals surface area contributed by atoms with Gasteiger partial charge in [0.15, 0.2) is 0 Å². The second kappa shape index (κ2) is 3.79. The summed E-state index contributed by atoms with van der Waals surface area (Å²) in [6.45, 7) is 3.55. The lowest BCUT2D eigenvalue weighted by Crippen LogP contribution is -2.30. The van der Waals surface area contributed by atoms with Gasteiger partial charge in [-0.1, -0.05) is 6.92 Å². The Morgan fingerprint density at radius 3 is 2.22 bits per heavy atom. The fraction of sp³-hybridized carbons (Fsp3) is 1.00. The topological polar surface area (TPSA) is 58.9 Å². The van der Waals surface area contributed by atoms with E-state index in [-0.39, 0.29) is 6.42 Å². The Bertz CT molecular complexity index is 71.4. The molecule has 0 amide bonds. The molecule has 9 heavy (non-hydrogen) atoms. The highest BCUT2D eigenvalue weighted by molar-refractivity contribution is 4.39. The molecule has 2 N–H and O–H groups in total. The predicted molar refractivity (Wildman–Crippen MR) is 30.2 cm³/mol. The first-order valence-corrected chi connectivity index (χ1v) is 2.87. The summed E-state index contributed by atoms with van der Waals surface area (Å²) in [4.78, 5) is 8.43. The summed E-state index contributed by atoms with van der Waals surface area (Å²) in [5.41, 5.74) is 0. The largest absolute Gasteiger partial charge is 0.342 e. The first-order chi connectivity index (χ1) is 4.12. The van der Waals surface area contributed by atoms with Gasteiger partial charge < -0.3 is 10.2 Å². The molecular formula is C5H12O4. The molecule has 0 aliphatic carbocycles. The van der Waals surface area contributed by atoms with Gasteiger partial charge in [0.25, 0.3) is 0 Å². The van der Waals surface area contributed by atoms with E-state index < -0.39 is 5.97 Å². The van der Waals surface area contributed by atoms with Gasteiger partial charge >= 0.3 is 5.97 Å². The summed E-state index contributed by atoms with van der Waals surface area (Å²) in [6.07, 6.45) is 0.0764. The smallest absolute Gasteiger partial charge is 0.306 e. The van der Waals surface area contributed by atoms with Gasteiger partial charge in [0.05, 0.1) is 6.61 Å². The highest BCUT2D eigenvalue weighted by Gasteiger charge is 2.21. The lowest BCUT2D eigenvalue weighted by molar-refractivity contribution is -0.487. The summed E-state index contributed by atoms with van der Waals surface area (Å²) < 4.78 is 0. The molecule has 0 unspecified atom stereocenters. The average Bonchev–Trinajstić information content (AvgIpc) is 1.84. The Balaban J connectivity index is 3.33. The second-order valence-corrected chi connectivity index (χ2v) is 1.59. The molecule has 0 spiro atoms. The van der Waals surface area contributed by atoms with Crippen LogP contribution in [0, 0.1) is 0 Å². The first kappa shape index (κ1) is 8.84. The highest BCUT2D eigenvalue weighted by Crippen LogP contribution is 2.06. The molecule has 0 aromatic heterocycles. The summed E-state index contributed by atoms with van der Waals surface area (Å²) in [5, 5.41) is 17.3. The van der Waals surface area contributed by atoms with Gasteiger partial charge in [-0.3, -0.25) is 0 Å². The van der Waals surface area contributed by atoms with Crippen LogP contribution in [0.3, 0.4) is 0 Å². The van der Waals surface area contributed by atoms with Crippen LogP contribution in [0.25, 0.3) is 0 Å². The van der Waals surface area contributed by atoms with E-state index in [0.717, 1.165) is 0 Å². The van der Waals surface area contributed by atoms with Crippen LogP contribution in [0.15, 0.2) is 0 Å². The third kappa shape index (κ3) is 4.35. The van der Waals surface area contributed by atoms with Crippen LogP contribution in [-0.2, 0) is 9.78 Å². The van der Waals surface area contributed by atoms with Crippen molar-refractivity contribution in [2.75, 3.05) is 6.61 Å². The zero-order valence-electron chi connectivity index (χ0n) is 5.63. The van der Waals surface area contributed by atoms with E-state index in [1.165, 1.54) is 0 Å². The maximum Gasteiger partial charge on any atom is 0.306 e. The molecule has 0 heterocycles. The molecule has 0 aliphatic rings. The van der Waals surface area contributed by atoms with Gasteiger partial charge in [0.1, 0.15) is 0 Å². The van der Waals surface area contributed by atoms with Crippen LogP contribution < -0.4 is 0 Å². The number of hydrogen-bond donors (Lipinski definition) is 2. The Hall–Kier alpha value is -0.160. The lowest BCUT2D eigenvalue weighted by Gasteiger charge is -2.16. The van der Waals surface area contributed by atoms with Crippen molar-refractivity contribution in [3.8, 4) is 0 Å². The molecule has 0 aromatic rings. The Kier molecular flexibility index (Phi) is 3.72. The van der Waals surface area contributed by atoms with Crippen LogP contribution in [0.2, 0.25) is 0 Å². The molecule has 0 radical (unpaired) electrons. The van der Waals surface area contributed by atoms with Gasteiger partial charge in [-0.05, 0) is 6.92 Å². The number of hydrogen-bond acceptors (Lipinski definition) is 4. The molecule has 0 bridgehead atoms. The molecule has 4 heteroatoms. The third-order valence-electron chi connectivity index (χ3n) is 0.771. The SMILES string of the molecule is CCOOC(O)(O)CC. The molecule has 0 rings (SSSR count). The molecule has 0 saturated heterocycles. The van der Waals surface area contributed by atoms with Crippen LogP contribution in [0.5, 0.6) is 0 Å². The zero-order chi connectivity index (χ0) is 7.33. The van der Waals surface area contributed by atoms with Gasteiger partial charge in [0, 0.05) is 6.42 Å². The molecule has 56 valence electrons. The maximum atomic E-state index is 8.66. The molecule has 0 fully saturated rings. The fourth-order valence-corrected chi connectivity index (χ4v) is 0.212. The summed E-state index contributed by atoms with van der Waals surface area (Å²) in [5.74, 6) is -2.13. The second-order valence-electron chi connectivity index (χ2n) is 1.59. The van der Waals surface area contributed by atoms with Crippen molar-refractivity contribution in [1.82, 2.24) is 0 Å². The average molecular weight is 136 g/mol. The van der Waals surface area contributed by atoms with Crippen molar-refractivity contribution < 1.29 is 20.0 Å². The Morgan fingerprint density at radius 2 is 1.89 bits per heavy atom. The van der Waals surface area contributed by atoms with Crippen molar-refractivity contribution in [2.24, 2.45) is 0 Å². The Labute approximate surface area is 53.9 Å². The van der Waals surface area contributed by atoms with Crippen molar-refractivity contribution in [2.45, 2.75) is 26.2 Å². The van der Waals surface area contributed by atoms with E-state index in [0.29, 0.717) is 6.61 Å². The fourth-order valence-electron chi connectivity index (χ4n) is 0.212. The maximum absolute atomic E-state index is 8.66. The molecule has 0 atom stereocenters. The minimum Gasteiger partial charge on any atom is -0.342 e. The summed E-state index contributed by atoms with van der Waals surface area (Å²) in [7, 11) is 0. The van der Waals surface area contributed by atoms with E-state index in [4.69, 9.17) is 10.2 Å². The van der Waals surface area contributed by atoms with E-state index in [1.807, 2.05) is 0 Å². The number of rotatable bonds is 4. The van der Waals surface area contributed by atoms with Gasteiger partial charge in [-0.25, -0.2) is 4.89 Å². The van der Waals surface area contributed by atoms with E-state index in [9.17, 15) is 0 Å². The van der Waals surface area contributed by atoms with Crippen LogP contribution in [-0.4, -0.2) is 22.8 Å². The first-order valence-electron chi connectivity index (χ1n) is 2.87. The van der Waals surface area contributed by atoms with E-state index >= 15 is 0 Å². The normalized spacial score (nSPS) is 12.0. The van der Waals surface area contributed by atoms with Gasteiger partial charge in [-0.15, -0.1) is 0 Å². The minimum atomic E-state index is -2.13. The number of aliphatic hydroxyl groups is 2. The van der Waals surface area contributed by atoms with E-state index in [1.54, 1.807) is 13.8 Å². The summed E-state index contributed by atoms with van der Waals surface area (Å²) in [6, 6.07) is 0. The lowest BCUT2D eigenvalue weighted by atomic mass is 10.4. The van der Waals surface area contributed by atoms with Crippen LogP contribution >= 0.6 is 0 Å². The van der Waals surface area contributed by atoms with E-state index in [2.05, 4.69) is 9.78 Å². The van der Waals surface area contributed by atoms with Crippen molar-refractivity contribution >= 4 is 0 Å². The molecule has 0 aliphatic heterocycles. The molecule has 0 saturated carbocycles. The van der Waals surface area contributed by atoms with Gasteiger partial charge in [0.2, 0.25) is 0 Å². The molecular weight excluding hydrogens is 124 g/mol. The summed E-state index contributed by atoms with van der Waals surface area (Å²) >= 11 is 0. The van der Waals surface area contributed by atoms with Crippen molar-refractivity contribution in [3.63, 3.8) is 0 Å². The van der Waals surface area contributed by atoms with Gasteiger partial charge in [-0.2, -0.15) is 4.89 Å². The minimum absolute atomic E-state index is 0.0764. The van der Waals surface area contributed by atoms with Crippen molar-refractivity contribution in [1.29, 1.82) is 0 Å². The van der Waals surface area contributed by atoms with Crippen LogP contribution in [0.1, 0.15) is 20.3 Å². The Morgan fingerprint density at radius 1 is 1.33 bits per heavy atom. The molecule has 4 nitrogen and oxygen atoms in total. The zero-order valence-corrected chi connectivity index (χ0v) is 5.63. The van der Waals surface area contributed by atoms with Crippen LogP contribution in [0.4, 0.5) is 0 Å². The highest BCUT2D eigenvalue weighted by atomic mass is 17.2. The van der Waals surface area contributed by atoms with Crippen molar-refractivity contribution in [3.05, 3.63) is 0 Å². The monoisotopic (exact) mass is 136 g/mol. The standard InChI is InChI=1S/C5H12O4/c1-3-5(6,7)9-8-4-2/h6-7H,3-4H2,1-2H3. The third-order valence-corrected chi connectivity index (χ3v) is 0.771. The quantitative estimate of drug-likeness (QED) is 0.324.